The molecule has 1 heterocycles. The van der Waals surface area contributed by atoms with Gasteiger partial charge in [0.1, 0.15) is 0 Å². The third-order valence-corrected chi connectivity index (χ3v) is 12.8. The Balaban J connectivity index is 1.63. The first-order chi connectivity index (χ1) is 17.7. The highest BCUT2D eigenvalue weighted by Crippen LogP contribution is 2.38. The van der Waals surface area contributed by atoms with Crippen LogP contribution >= 0.6 is 15.9 Å². The molecule has 3 aromatic carbocycles. The molecule has 0 fully saturated rings. The summed E-state index contributed by atoms with van der Waals surface area (Å²) in [5.74, 6) is 0.460. The fourth-order valence-electron chi connectivity index (χ4n) is 5.59. The number of rotatable bonds is 8. The molecule has 1 aliphatic heterocycles. The highest BCUT2D eigenvalue weighted by Gasteiger charge is 2.50. The molecule has 1 aliphatic rings. The minimum absolute atomic E-state index is 0.0520. The van der Waals surface area contributed by atoms with Gasteiger partial charge in [0.15, 0.2) is 0 Å². The van der Waals surface area contributed by atoms with Gasteiger partial charge in [0.2, 0.25) is 5.91 Å². The Morgan fingerprint density at radius 1 is 0.946 bits per heavy atom. The lowest BCUT2D eigenvalue weighted by Crippen LogP contribution is -2.67. The van der Waals surface area contributed by atoms with E-state index in [0.29, 0.717) is 26.1 Å². The van der Waals surface area contributed by atoms with Gasteiger partial charge in [0.25, 0.3) is 8.32 Å². The van der Waals surface area contributed by atoms with E-state index in [1.54, 1.807) is 0 Å². The lowest BCUT2D eigenvalue weighted by atomic mass is 10.1. The highest BCUT2D eigenvalue weighted by molar-refractivity contribution is 9.10. The van der Waals surface area contributed by atoms with Gasteiger partial charge in [0, 0.05) is 37.1 Å². The fraction of sp³-hybridized carbons (Fsp3) is 0.387. The molecule has 0 radical (unpaired) electrons. The van der Waals surface area contributed by atoms with Gasteiger partial charge < -0.3 is 14.2 Å². The van der Waals surface area contributed by atoms with Crippen molar-refractivity contribution in [1.29, 1.82) is 0 Å². The summed E-state index contributed by atoms with van der Waals surface area (Å²) in [5.41, 5.74) is 2.10. The Morgan fingerprint density at radius 2 is 1.54 bits per heavy atom. The molecular formula is C31H39BrN2O2Si. The molecule has 37 heavy (non-hydrogen) atoms. The van der Waals surface area contributed by atoms with Crippen LogP contribution in [0.3, 0.4) is 0 Å². The van der Waals surface area contributed by atoms with Gasteiger partial charge in [-0.05, 0) is 46.5 Å². The number of fused-ring (bicyclic) bond motifs is 1. The predicted molar refractivity (Wildman–Crippen MR) is 162 cm³/mol. The first kappa shape index (κ1) is 27.6. The first-order valence-electron chi connectivity index (χ1n) is 13.3. The number of carbonyl (C=O) groups is 1. The average Bonchev–Trinajstić information content (AvgIpc) is 3.00. The van der Waals surface area contributed by atoms with E-state index in [2.05, 4.69) is 121 Å². The number of halogens is 1. The van der Waals surface area contributed by atoms with E-state index in [0.717, 1.165) is 22.4 Å². The van der Waals surface area contributed by atoms with E-state index in [1.165, 1.54) is 10.4 Å². The number of nitrogens with zero attached hydrogens (tertiary/aromatic N) is 2. The molecule has 0 spiro atoms. The molecule has 0 saturated carbocycles. The summed E-state index contributed by atoms with van der Waals surface area (Å²) >= 11 is 3.65. The van der Waals surface area contributed by atoms with Crippen LogP contribution in [0, 0.1) is 5.92 Å². The molecule has 1 amide bonds. The Hall–Kier alpha value is -2.41. The van der Waals surface area contributed by atoms with Crippen LogP contribution in [0.5, 0.6) is 0 Å². The van der Waals surface area contributed by atoms with Gasteiger partial charge in [0.05, 0.1) is 11.4 Å². The molecule has 6 heteroatoms. The molecule has 4 rings (SSSR count). The minimum Gasteiger partial charge on any atom is -0.407 e. The molecule has 0 aromatic heterocycles. The summed E-state index contributed by atoms with van der Waals surface area (Å²) in [7, 11) is -2.58. The minimum atomic E-state index is -2.58. The SMILES string of the molecule is CCN1C(=O)CCN(CC(C)CO[Si](c2ccccc2)(c2ccccc2)C(C)(C)C)c2cc(Br)ccc21. The van der Waals surface area contributed by atoms with Crippen molar-refractivity contribution in [2.24, 2.45) is 5.92 Å². The summed E-state index contributed by atoms with van der Waals surface area (Å²) < 4.78 is 8.23. The molecule has 196 valence electrons. The predicted octanol–water partition coefficient (Wildman–Crippen LogP) is 6.22. The van der Waals surface area contributed by atoms with Crippen LogP contribution in [-0.2, 0) is 9.22 Å². The molecule has 3 aromatic rings. The normalized spacial score (nSPS) is 15.4. The summed E-state index contributed by atoms with van der Waals surface area (Å²) in [6.07, 6.45) is 0.516. The largest absolute Gasteiger partial charge is 0.407 e. The van der Waals surface area contributed by atoms with E-state index in [9.17, 15) is 4.79 Å². The third-order valence-electron chi connectivity index (χ3n) is 7.32. The van der Waals surface area contributed by atoms with Crippen molar-refractivity contribution in [2.45, 2.75) is 46.1 Å². The zero-order valence-corrected chi connectivity index (χ0v) is 25.3. The third kappa shape index (κ3) is 5.71. The maximum absolute atomic E-state index is 12.9. The van der Waals surface area contributed by atoms with E-state index in [-0.39, 0.29) is 16.9 Å². The van der Waals surface area contributed by atoms with Gasteiger partial charge in [-0.2, -0.15) is 0 Å². The van der Waals surface area contributed by atoms with Crippen LogP contribution in [0.4, 0.5) is 11.4 Å². The molecule has 4 nitrogen and oxygen atoms in total. The smallest absolute Gasteiger partial charge is 0.261 e. The van der Waals surface area contributed by atoms with Crippen molar-refractivity contribution in [2.75, 3.05) is 36.0 Å². The standard InChI is InChI=1S/C31H39BrN2O2Si/c1-6-34-28-18-17-25(32)21-29(28)33(20-19-30(34)35)22-24(2)23-36-37(31(3,4)5,26-13-9-7-10-14-26)27-15-11-8-12-16-27/h7-18,21,24H,6,19-20,22-23H2,1-5H3. The van der Waals surface area contributed by atoms with Gasteiger partial charge in [-0.15, -0.1) is 0 Å². The van der Waals surface area contributed by atoms with Gasteiger partial charge in [-0.3, -0.25) is 4.79 Å². The van der Waals surface area contributed by atoms with Crippen molar-refractivity contribution in [3.8, 4) is 0 Å². The quantitative estimate of drug-likeness (QED) is 0.297. The Morgan fingerprint density at radius 3 is 2.08 bits per heavy atom. The first-order valence-corrected chi connectivity index (χ1v) is 16.0. The summed E-state index contributed by atoms with van der Waals surface area (Å²) in [6.45, 7) is 14.1. The second kappa shape index (κ2) is 11.5. The molecular weight excluding hydrogens is 540 g/mol. The van der Waals surface area contributed by atoms with E-state index >= 15 is 0 Å². The number of carbonyl (C=O) groups excluding carboxylic acids is 1. The topological polar surface area (TPSA) is 32.8 Å². The maximum Gasteiger partial charge on any atom is 0.261 e. The van der Waals surface area contributed by atoms with Crippen LogP contribution < -0.4 is 20.2 Å². The van der Waals surface area contributed by atoms with E-state index < -0.39 is 8.32 Å². The highest BCUT2D eigenvalue weighted by atomic mass is 79.9. The Kier molecular flexibility index (Phi) is 8.62. The summed E-state index contributed by atoms with van der Waals surface area (Å²) in [5, 5.41) is 2.55. The second-order valence-corrected chi connectivity index (χ2v) is 16.3. The second-order valence-electron chi connectivity index (χ2n) is 11.0. The number of benzene rings is 3. The van der Waals surface area contributed by atoms with Crippen LogP contribution in [0.25, 0.3) is 0 Å². The number of hydrogen-bond acceptors (Lipinski definition) is 3. The number of amides is 1. The summed E-state index contributed by atoms with van der Waals surface area (Å²) in [4.78, 5) is 17.2. The molecule has 0 saturated heterocycles. The fourth-order valence-corrected chi connectivity index (χ4v) is 10.6. The molecule has 0 aliphatic carbocycles. The number of anilines is 2. The zero-order chi connectivity index (χ0) is 26.6. The van der Waals surface area contributed by atoms with Crippen molar-refractivity contribution in [1.82, 2.24) is 0 Å². The lowest BCUT2D eigenvalue weighted by Gasteiger charge is -2.43. The Labute approximate surface area is 231 Å². The average molecular weight is 580 g/mol. The summed E-state index contributed by atoms with van der Waals surface area (Å²) in [6, 6.07) is 27.8. The van der Waals surface area contributed by atoms with Gasteiger partial charge in [-0.1, -0.05) is 104 Å². The van der Waals surface area contributed by atoms with Gasteiger partial charge in [-0.25, -0.2) is 0 Å². The van der Waals surface area contributed by atoms with Gasteiger partial charge >= 0.3 is 0 Å². The molecule has 1 unspecified atom stereocenters. The van der Waals surface area contributed by atoms with Crippen molar-refractivity contribution in [3.63, 3.8) is 0 Å². The molecule has 0 N–H and O–H groups in total. The van der Waals surface area contributed by atoms with E-state index in [1.807, 2.05) is 17.9 Å². The van der Waals surface area contributed by atoms with Crippen molar-refractivity contribution >= 4 is 51.9 Å². The molecule has 1 atom stereocenters. The lowest BCUT2D eigenvalue weighted by molar-refractivity contribution is -0.118. The van der Waals surface area contributed by atoms with Crippen LogP contribution in [0.2, 0.25) is 5.04 Å². The van der Waals surface area contributed by atoms with Crippen molar-refractivity contribution in [3.05, 3.63) is 83.3 Å². The zero-order valence-electron chi connectivity index (χ0n) is 22.7. The van der Waals surface area contributed by atoms with Crippen LogP contribution in [-0.4, -0.2) is 40.5 Å². The van der Waals surface area contributed by atoms with Crippen molar-refractivity contribution < 1.29 is 9.22 Å². The maximum atomic E-state index is 12.9. The van der Waals surface area contributed by atoms with Crippen LogP contribution in [0.15, 0.2) is 83.3 Å². The van der Waals surface area contributed by atoms with Crippen LogP contribution in [0.1, 0.15) is 41.0 Å². The monoisotopic (exact) mass is 578 g/mol. The Bertz CT molecular complexity index is 1160. The molecule has 0 bridgehead atoms. The van der Waals surface area contributed by atoms with E-state index in [4.69, 9.17) is 4.43 Å². The number of hydrogen-bond donors (Lipinski definition) is 0.